The Kier molecular flexibility index (Phi) is 4.99. The minimum absolute atomic E-state index is 0.0936. The average Bonchev–Trinajstić information content (AvgIpc) is 3.31. The molecule has 26 heavy (non-hydrogen) atoms. The first kappa shape index (κ1) is 17.2. The lowest BCUT2D eigenvalue weighted by atomic mass is 10.00. The zero-order valence-electron chi connectivity index (χ0n) is 14.8. The van der Waals surface area contributed by atoms with Gasteiger partial charge in [-0.05, 0) is 30.9 Å². The van der Waals surface area contributed by atoms with Crippen LogP contribution in [0.2, 0.25) is 0 Å². The number of carbonyl (C=O) groups is 1. The number of carbonyl (C=O) groups excluding carboxylic acids is 1. The van der Waals surface area contributed by atoms with Gasteiger partial charge in [-0.3, -0.25) is 4.79 Å². The summed E-state index contributed by atoms with van der Waals surface area (Å²) in [6.45, 7) is 2.65. The Morgan fingerprint density at radius 3 is 2.92 bits per heavy atom. The van der Waals surface area contributed by atoms with Crippen molar-refractivity contribution in [2.75, 3.05) is 26.8 Å². The minimum Gasteiger partial charge on any atom is -0.381 e. The molecule has 1 fully saturated rings. The molecule has 1 aromatic carbocycles. The van der Waals surface area contributed by atoms with Gasteiger partial charge in [0, 0.05) is 32.2 Å². The molecular weight excluding hydrogens is 348 g/mol. The molecule has 136 valence electrons. The molecule has 0 radical (unpaired) electrons. The van der Waals surface area contributed by atoms with Crippen LogP contribution in [0.25, 0.3) is 22.6 Å². The maximum absolute atomic E-state index is 12.9. The van der Waals surface area contributed by atoms with Crippen molar-refractivity contribution in [2.45, 2.75) is 19.4 Å². The number of nitrogens with zero attached hydrogens (tertiary/aromatic N) is 4. The highest BCUT2D eigenvalue weighted by atomic mass is 32.1. The Hall–Kier alpha value is -2.25. The Labute approximate surface area is 156 Å². The van der Waals surface area contributed by atoms with Crippen LogP contribution >= 0.6 is 11.3 Å². The van der Waals surface area contributed by atoms with Crippen LogP contribution in [-0.2, 0) is 16.1 Å². The second-order valence-electron chi connectivity index (χ2n) is 6.71. The van der Waals surface area contributed by atoms with E-state index in [-0.39, 0.29) is 12.5 Å². The van der Waals surface area contributed by atoms with E-state index in [2.05, 4.69) is 4.98 Å². The molecule has 1 saturated heterocycles. The number of fused-ring (bicyclic) bond motifs is 1. The van der Waals surface area contributed by atoms with Gasteiger partial charge in [0.2, 0.25) is 5.91 Å². The number of benzene rings is 1. The Morgan fingerprint density at radius 1 is 1.35 bits per heavy atom. The lowest BCUT2D eigenvalue weighted by Crippen LogP contribution is -2.36. The fourth-order valence-corrected chi connectivity index (χ4v) is 3.96. The summed E-state index contributed by atoms with van der Waals surface area (Å²) in [4.78, 5) is 23.8. The molecule has 0 bridgehead atoms. The van der Waals surface area contributed by atoms with Gasteiger partial charge in [0.05, 0.1) is 16.5 Å². The zero-order valence-corrected chi connectivity index (χ0v) is 15.6. The first-order valence-electron chi connectivity index (χ1n) is 8.88. The summed E-state index contributed by atoms with van der Waals surface area (Å²) in [6.07, 6.45) is 2.05. The van der Waals surface area contributed by atoms with Crippen LogP contribution in [0.4, 0.5) is 0 Å². The largest absolute Gasteiger partial charge is 0.381 e. The lowest BCUT2D eigenvalue weighted by molar-refractivity contribution is -0.131. The Bertz CT molecular complexity index is 884. The summed E-state index contributed by atoms with van der Waals surface area (Å²) in [6, 6.07) is 7.91. The normalized spacial score (nSPS) is 15.4. The van der Waals surface area contributed by atoms with Crippen molar-refractivity contribution < 1.29 is 9.53 Å². The highest BCUT2D eigenvalue weighted by molar-refractivity contribution is 7.07. The van der Waals surface area contributed by atoms with Gasteiger partial charge >= 0.3 is 0 Å². The molecule has 1 amide bonds. The highest BCUT2D eigenvalue weighted by Gasteiger charge is 2.21. The SMILES string of the molecule is CN(CC1CCOCC1)C(=O)Cn1c(-c2cscn2)nc2ccccc21. The van der Waals surface area contributed by atoms with E-state index >= 15 is 0 Å². The predicted octanol–water partition coefficient (Wildman–Crippen LogP) is 3.04. The van der Waals surface area contributed by atoms with Crippen LogP contribution in [0, 0.1) is 5.92 Å². The number of hydrogen-bond donors (Lipinski definition) is 0. The van der Waals surface area contributed by atoms with E-state index in [4.69, 9.17) is 9.72 Å². The molecule has 0 aliphatic carbocycles. The molecule has 4 rings (SSSR count). The molecular formula is C19H22N4O2S. The average molecular weight is 370 g/mol. The van der Waals surface area contributed by atoms with Gasteiger partial charge < -0.3 is 14.2 Å². The van der Waals surface area contributed by atoms with Crippen LogP contribution < -0.4 is 0 Å². The van der Waals surface area contributed by atoms with E-state index in [1.807, 2.05) is 46.2 Å². The van der Waals surface area contributed by atoms with Crippen molar-refractivity contribution in [1.82, 2.24) is 19.4 Å². The smallest absolute Gasteiger partial charge is 0.242 e. The van der Waals surface area contributed by atoms with Crippen molar-refractivity contribution >= 4 is 28.3 Å². The molecule has 0 atom stereocenters. The second kappa shape index (κ2) is 7.55. The van der Waals surface area contributed by atoms with Gasteiger partial charge in [0.25, 0.3) is 0 Å². The molecule has 2 aromatic heterocycles. The van der Waals surface area contributed by atoms with Crippen molar-refractivity contribution in [2.24, 2.45) is 5.92 Å². The van der Waals surface area contributed by atoms with Gasteiger partial charge in [-0.2, -0.15) is 0 Å². The van der Waals surface area contributed by atoms with Crippen molar-refractivity contribution in [1.29, 1.82) is 0 Å². The van der Waals surface area contributed by atoms with Crippen molar-refractivity contribution in [3.05, 3.63) is 35.2 Å². The number of thiazole rings is 1. The maximum atomic E-state index is 12.9. The van der Waals surface area contributed by atoms with E-state index in [0.29, 0.717) is 5.92 Å². The topological polar surface area (TPSA) is 60.2 Å². The predicted molar refractivity (Wildman–Crippen MR) is 102 cm³/mol. The number of likely N-dealkylation sites (N-methyl/N-ethyl adjacent to an activating group) is 1. The minimum atomic E-state index is 0.0936. The number of ether oxygens (including phenoxy) is 1. The monoisotopic (exact) mass is 370 g/mol. The highest BCUT2D eigenvalue weighted by Crippen LogP contribution is 2.25. The number of hydrogen-bond acceptors (Lipinski definition) is 5. The van der Waals surface area contributed by atoms with Crippen LogP contribution in [0.3, 0.4) is 0 Å². The summed E-state index contributed by atoms with van der Waals surface area (Å²) >= 11 is 1.53. The van der Waals surface area contributed by atoms with E-state index in [9.17, 15) is 4.79 Å². The summed E-state index contributed by atoms with van der Waals surface area (Å²) < 4.78 is 7.39. The summed E-state index contributed by atoms with van der Waals surface area (Å²) in [7, 11) is 1.89. The third kappa shape index (κ3) is 3.50. The van der Waals surface area contributed by atoms with Crippen LogP contribution in [0.15, 0.2) is 35.2 Å². The first-order valence-corrected chi connectivity index (χ1v) is 9.82. The van der Waals surface area contributed by atoms with Crippen molar-refractivity contribution in [3.8, 4) is 11.5 Å². The Balaban J connectivity index is 1.57. The Morgan fingerprint density at radius 2 is 2.15 bits per heavy atom. The van der Waals surface area contributed by atoms with E-state index < -0.39 is 0 Å². The lowest BCUT2D eigenvalue weighted by Gasteiger charge is -2.27. The molecule has 3 heterocycles. The molecule has 1 aliphatic rings. The van der Waals surface area contributed by atoms with Gasteiger partial charge in [-0.15, -0.1) is 11.3 Å². The van der Waals surface area contributed by atoms with Crippen LogP contribution in [0.1, 0.15) is 12.8 Å². The van der Waals surface area contributed by atoms with Crippen molar-refractivity contribution in [3.63, 3.8) is 0 Å². The van der Waals surface area contributed by atoms with Gasteiger partial charge in [-0.25, -0.2) is 9.97 Å². The summed E-state index contributed by atoms with van der Waals surface area (Å²) in [5, 5.41) is 1.97. The number of imidazole rings is 1. The fraction of sp³-hybridized carbons (Fsp3) is 0.421. The third-order valence-corrected chi connectivity index (χ3v) is 5.49. The van der Waals surface area contributed by atoms with E-state index in [1.165, 1.54) is 11.3 Å². The van der Waals surface area contributed by atoms with Crippen LogP contribution in [-0.4, -0.2) is 52.1 Å². The molecule has 7 heteroatoms. The third-order valence-electron chi connectivity index (χ3n) is 4.91. The fourth-order valence-electron chi connectivity index (χ4n) is 3.43. The van der Waals surface area contributed by atoms with Gasteiger partial charge in [0.1, 0.15) is 12.2 Å². The van der Waals surface area contributed by atoms with Gasteiger partial charge in [0.15, 0.2) is 5.82 Å². The van der Waals surface area contributed by atoms with E-state index in [0.717, 1.165) is 55.2 Å². The molecule has 1 aliphatic heterocycles. The molecule has 0 N–H and O–H groups in total. The number of aromatic nitrogens is 3. The van der Waals surface area contributed by atoms with E-state index in [1.54, 1.807) is 5.51 Å². The molecule has 0 spiro atoms. The molecule has 0 unspecified atom stereocenters. The molecule has 3 aromatic rings. The summed E-state index contributed by atoms with van der Waals surface area (Å²) in [5.41, 5.74) is 4.45. The molecule has 6 nitrogen and oxygen atoms in total. The number of amides is 1. The second-order valence-corrected chi connectivity index (χ2v) is 7.43. The van der Waals surface area contributed by atoms with Gasteiger partial charge in [-0.1, -0.05) is 12.1 Å². The standard InChI is InChI=1S/C19H22N4O2S/c1-22(10-14-6-8-25-9-7-14)18(24)11-23-17-5-3-2-4-15(17)21-19(23)16-12-26-13-20-16/h2-5,12-14H,6-11H2,1H3. The summed E-state index contributed by atoms with van der Waals surface area (Å²) in [5.74, 6) is 1.37. The van der Waals surface area contributed by atoms with Crippen LogP contribution in [0.5, 0.6) is 0 Å². The first-order chi connectivity index (χ1) is 12.7. The number of para-hydroxylation sites is 2. The molecule has 0 saturated carbocycles. The number of rotatable bonds is 5. The maximum Gasteiger partial charge on any atom is 0.242 e. The quantitative estimate of drug-likeness (QED) is 0.693. The zero-order chi connectivity index (χ0) is 17.9.